The van der Waals surface area contributed by atoms with Crippen LogP contribution >= 0.6 is 11.6 Å². The summed E-state index contributed by atoms with van der Waals surface area (Å²) in [6.07, 6.45) is 1.45. The second-order valence-corrected chi connectivity index (χ2v) is 6.15. The minimum Gasteiger partial charge on any atom is -0.491 e. The molecule has 22 heavy (non-hydrogen) atoms. The first-order valence-corrected chi connectivity index (χ1v) is 7.96. The van der Waals surface area contributed by atoms with Crippen molar-refractivity contribution in [1.82, 2.24) is 10.2 Å². The molecule has 1 saturated heterocycles. The number of likely N-dealkylation sites (tertiary alicyclic amines) is 1. The number of aliphatic hydroxyl groups is 1. The van der Waals surface area contributed by atoms with Gasteiger partial charge in [-0.1, -0.05) is 11.6 Å². The van der Waals surface area contributed by atoms with Gasteiger partial charge in [0.2, 0.25) is 5.91 Å². The Morgan fingerprint density at radius 3 is 2.91 bits per heavy atom. The number of β-amino-alcohol motifs (C(OH)–C–C–N with tert-alkyl or cyclic N) is 1. The Balaban J connectivity index is 1.72. The summed E-state index contributed by atoms with van der Waals surface area (Å²) in [5.41, 5.74) is 0. The summed E-state index contributed by atoms with van der Waals surface area (Å²) in [5.74, 6) is 0.691. The summed E-state index contributed by atoms with van der Waals surface area (Å²) < 4.78 is 5.55. The van der Waals surface area contributed by atoms with Gasteiger partial charge in [0.05, 0.1) is 0 Å². The van der Waals surface area contributed by atoms with Gasteiger partial charge in [0, 0.05) is 31.1 Å². The first-order valence-electron chi connectivity index (χ1n) is 7.59. The summed E-state index contributed by atoms with van der Waals surface area (Å²) in [6, 6.07) is 7.25. The van der Waals surface area contributed by atoms with Gasteiger partial charge in [-0.25, -0.2) is 0 Å². The molecule has 0 spiro atoms. The van der Waals surface area contributed by atoms with Crippen LogP contribution in [-0.2, 0) is 4.79 Å². The van der Waals surface area contributed by atoms with Crippen molar-refractivity contribution < 1.29 is 14.6 Å². The molecule has 0 radical (unpaired) electrons. The van der Waals surface area contributed by atoms with Gasteiger partial charge in [-0.15, -0.1) is 0 Å². The fourth-order valence-corrected chi connectivity index (χ4v) is 2.83. The van der Waals surface area contributed by atoms with Crippen molar-refractivity contribution in [1.29, 1.82) is 0 Å². The zero-order chi connectivity index (χ0) is 15.9. The number of carbonyl (C=O) groups is 1. The minimum atomic E-state index is -0.563. The topological polar surface area (TPSA) is 61.8 Å². The third-order valence-corrected chi connectivity index (χ3v) is 3.89. The molecule has 122 valence electrons. The highest BCUT2D eigenvalue weighted by atomic mass is 35.5. The second kappa shape index (κ2) is 8.36. The Morgan fingerprint density at radius 2 is 2.23 bits per heavy atom. The van der Waals surface area contributed by atoms with Crippen LogP contribution < -0.4 is 10.1 Å². The van der Waals surface area contributed by atoms with Crippen LogP contribution in [0.2, 0.25) is 5.02 Å². The quantitative estimate of drug-likeness (QED) is 0.835. The molecule has 0 bridgehead atoms. The Kier molecular flexibility index (Phi) is 6.49. The van der Waals surface area contributed by atoms with E-state index in [-0.39, 0.29) is 18.6 Å². The van der Waals surface area contributed by atoms with E-state index in [1.807, 2.05) is 0 Å². The van der Waals surface area contributed by atoms with Crippen molar-refractivity contribution in [3.63, 3.8) is 0 Å². The highest BCUT2D eigenvalue weighted by molar-refractivity contribution is 6.30. The molecular weight excluding hydrogens is 304 g/mol. The van der Waals surface area contributed by atoms with Crippen LogP contribution in [-0.4, -0.2) is 54.3 Å². The molecule has 1 aromatic rings. The van der Waals surface area contributed by atoms with Crippen LogP contribution in [0.1, 0.15) is 19.8 Å². The fraction of sp³-hybridized carbons (Fsp3) is 0.562. The highest BCUT2D eigenvalue weighted by Gasteiger charge is 2.22. The number of nitrogens with zero attached hydrogens (tertiary/aromatic N) is 1. The number of hydrogen-bond donors (Lipinski definition) is 2. The first-order chi connectivity index (χ1) is 10.5. The molecule has 1 amide bonds. The Hall–Kier alpha value is -1.30. The van der Waals surface area contributed by atoms with Crippen LogP contribution in [0.3, 0.4) is 0 Å². The van der Waals surface area contributed by atoms with Gasteiger partial charge >= 0.3 is 0 Å². The molecule has 0 aromatic heterocycles. The second-order valence-electron chi connectivity index (χ2n) is 5.72. The summed E-state index contributed by atoms with van der Waals surface area (Å²) in [5, 5.41) is 13.7. The van der Waals surface area contributed by atoms with E-state index in [1.165, 1.54) is 6.92 Å². The van der Waals surface area contributed by atoms with Crippen molar-refractivity contribution in [3.8, 4) is 5.75 Å². The van der Waals surface area contributed by atoms with E-state index in [0.717, 1.165) is 25.9 Å². The number of aliphatic hydroxyl groups excluding tert-OH is 1. The van der Waals surface area contributed by atoms with E-state index in [9.17, 15) is 9.90 Å². The molecule has 2 N–H and O–H groups in total. The van der Waals surface area contributed by atoms with E-state index in [4.69, 9.17) is 16.3 Å². The zero-order valence-corrected chi connectivity index (χ0v) is 13.6. The van der Waals surface area contributed by atoms with Crippen molar-refractivity contribution in [2.75, 3.05) is 26.2 Å². The van der Waals surface area contributed by atoms with E-state index in [2.05, 4.69) is 10.2 Å². The fourth-order valence-electron chi connectivity index (χ4n) is 2.70. The molecule has 2 unspecified atom stereocenters. The number of amides is 1. The lowest BCUT2D eigenvalue weighted by atomic mass is 10.1. The summed E-state index contributed by atoms with van der Waals surface area (Å²) in [7, 11) is 0. The molecule has 6 heteroatoms. The van der Waals surface area contributed by atoms with Crippen LogP contribution in [0.5, 0.6) is 5.75 Å². The first kappa shape index (κ1) is 17.1. The molecule has 1 fully saturated rings. The van der Waals surface area contributed by atoms with E-state index in [0.29, 0.717) is 17.3 Å². The lowest BCUT2D eigenvalue weighted by Gasteiger charge is -2.34. The van der Waals surface area contributed by atoms with Gasteiger partial charge in [0.25, 0.3) is 0 Å². The van der Waals surface area contributed by atoms with Crippen molar-refractivity contribution in [2.45, 2.75) is 31.9 Å². The van der Waals surface area contributed by atoms with Gasteiger partial charge < -0.3 is 15.2 Å². The molecule has 2 atom stereocenters. The molecule has 1 heterocycles. The molecule has 5 nitrogen and oxygen atoms in total. The van der Waals surface area contributed by atoms with E-state index < -0.39 is 6.10 Å². The van der Waals surface area contributed by atoms with Crippen LogP contribution in [0, 0.1) is 0 Å². The third kappa shape index (κ3) is 5.83. The molecule has 1 aromatic carbocycles. The summed E-state index contributed by atoms with van der Waals surface area (Å²) in [4.78, 5) is 13.3. The van der Waals surface area contributed by atoms with Crippen molar-refractivity contribution in [3.05, 3.63) is 29.3 Å². The predicted octanol–water partition coefficient (Wildman–Crippen LogP) is 1.68. The van der Waals surface area contributed by atoms with E-state index >= 15 is 0 Å². The van der Waals surface area contributed by atoms with Gasteiger partial charge in [0.1, 0.15) is 18.5 Å². The number of halogens is 1. The van der Waals surface area contributed by atoms with Crippen LogP contribution in [0.15, 0.2) is 24.3 Å². The summed E-state index contributed by atoms with van der Waals surface area (Å²) >= 11 is 5.81. The maximum Gasteiger partial charge on any atom is 0.217 e. The highest BCUT2D eigenvalue weighted by Crippen LogP contribution is 2.16. The largest absolute Gasteiger partial charge is 0.491 e. The molecular formula is C16H23ClN2O3. The van der Waals surface area contributed by atoms with Crippen molar-refractivity contribution in [2.24, 2.45) is 0 Å². The lowest BCUT2D eigenvalue weighted by molar-refractivity contribution is -0.120. The predicted molar refractivity (Wildman–Crippen MR) is 86.2 cm³/mol. The Labute approximate surface area is 136 Å². The van der Waals surface area contributed by atoms with Crippen LogP contribution in [0.4, 0.5) is 0 Å². The van der Waals surface area contributed by atoms with Gasteiger partial charge in [-0.2, -0.15) is 0 Å². The van der Waals surface area contributed by atoms with Crippen LogP contribution in [0.25, 0.3) is 0 Å². The molecule has 0 saturated carbocycles. The Bertz CT molecular complexity index is 481. The SMILES string of the molecule is CC(=O)NC1CCCN(CC(O)COc2ccc(Cl)cc2)C1. The number of benzene rings is 1. The number of rotatable bonds is 6. The maximum absolute atomic E-state index is 11.1. The number of carbonyl (C=O) groups excluding carboxylic acids is 1. The number of nitrogens with one attached hydrogen (secondary N) is 1. The number of piperidine rings is 1. The van der Waals surface area contributed by atoms with Gasteiger partial charge in [-0.3, -0.25) is 9.69 Å². The monoisotopic (exact) mass is 326 g/mol. The number of ether oxygens (including phenoxy) is 1. The normalized spacial score (nSPS) is 20.4. The molecule has 1 aliphatic rings. The molecule has 0 aliphatic carbocycles. The summed E-state index contributed by atoms with van der Waals surface area (Å²) in [6.45, 7) is 4.03. The smallest absolute Gasteiger partial charge is 0.217 e. The average Bonchev–Trinajstić information content (AvgIpc) is 2.46. The third-order valence-electron chi connectivity index (χ3n) is 3.64. The maximum atomic E-state index is 11.1. The van der Waals surface area contributed by atoms with Gasteiger partial charge in [0.15, 0.2) is 0 Å². The molecule has 2 rings (SSSR count). The Morgan fingerprint density at radius 1 is 1.50 bits per heavy atom. The zero-order valence-electron chi connectivity index (χ0n) is 12.8. The molecule has 1 aliphatic heterocycles. The minimum absolute atomic E-state index is 0.00142. The van der Waals surface area contributed by atoms with Crippen molar-refractivity contribution >= 4 is 17.5 Å². The average molecular weight is 327 g/mol. The van der Waals surface area contributed by atoms with E-state index in [1.54, 1.807) is 24.3 Å². The standard InChI is InChI=1S/C16H23ClN2O3/c1-12(20)18-14-3-2-8-19(9-14)10-15(21)11-22-16-6-4-13(17)5-7-16/h4-7,14-15,21H,2-3,8-11H2,1H3,(H,18,20). The van der Waals surface area contributed by atoms with Gasteiger partial charge in [-0.05, 0) is 43.7 Å². The number of hydrogen-bond acceptors (Lipinski definition) is 4. The lowest BCUT2D eigenvalue weighted by Crippen LogP contribution is -2.49.